The van der Waals surface area contributed by atoms with E-state index in [-0.39, 0.29) is 11.8 Å². The Kier molecular flexibility index (Phi) is 8.27. The van der Waals surface area contributed by atoms with Gasteiger partial charge in [0, 0.05) is 63.7 Å². The van der Waals surface area contributed by atoms with Crippen LogP contribution in [0.15, 0.2) is 48.5 Å². The summed E-state index contributed by atoms with van der Waals surface area (Å²) in [5.41, 5.74) is 1.80. The van der Waals surface area contributed by atoms with E-state index in [2.05, 4.69) is 15.1 Å². The number of anilines is 2. The second-order valence-corrected chi connectivity index (χ2v) is 9.22. The number of amides is 1. The number of hydrogen-bond acceptors (Lipinski definition) is 7. The van der Waals surface area contributed by atoms with Crippen LogP contribution in [0, 0.1) is 0 Å². The highest BCUT2D eigenvalue weighted by molar-refractivity contribution is 5.68. The molecule has 2 aromatic carbocycles. The van der Waals surface area contributed by atoms with Crippen LogP contribution in [-0.4, -0.2) is 79.2 Å². The summed E-state index contributed by atoms with van der Waals surface area (Å²) in [6.07, 6.45) is -0.247. The highest BCUT2D eigenvalue weighted by Crippen LogP contribution is 2.21. The van der Waals surface area contributed by atoms with Crippen LogP contribution in [-0.2, 0) is 4.74 Å². The van der Waals surface area contributed by atoms with Crippen molar-refractivity contribution in [3.05, 3.63) is 48.5 Å². The fourth-order valence-corrected chi connectivity index (χ4v) is 3.72. The largest absolute Gasteiger partial charge is 0.508 e. The van der Waals surface area contributed by atoms with Crippen molar-refractivity contribution in [2.45, 2.75) is 26.4 Å². The van der Waals surface area contributed by atoms with Gasteiger partial charge in [0.2, 0.25) is 0 Å². The molecule has 2 aliphatic heterocycles. The monoisotopic (exact) mass is 456 g/mol. The third-order valence-electron chi connectivity index (χ3n) is 5.48. The van der Waals surface area contributed by atoms with Gasteiger partial charge >= 0.3 is 6.09 Å². The molecule has 1 amide bonds. The molecule has 2 aromatic rings. The highest BCUT2D eigenvalue weighted by atomic mass is 16.6. The van der Waals surface area contributed by atoms with Crippen LogP contribution in [0.5, 0.6) is 11.5 Å². The van der Waals surface area contributed by atoms with Gasteiger partial charge in [-0.15, -0.1) is 0 Å². The van der Waals surface area contributed by atoms with Crippen molar-refractivity contribution >= 4 is 17.5 Å². The minimum atomic E-state index is -0.453. The number of nitrogens with one attached hydrogen (secondary N) is 1. The predicted octanol–water partition coefficient (Wildman–Crippen LogP) is 3.25. The van der Waals surface area contributed by atoms with Crippen molar-refractivity contribution < 1.29 is 19.7 Å². The summed E-state index contributed by atoms with van der Waals surface area (Å²) >= 11 is 0. The van der Waals surface area contributed by atoms with E-state index in [1.54, 1.807) is 29.2 Å². The summed E-state index contributed by atoms with van der Waals surface area (Å²) in [6, 6.07) is 14.5. The van der Waals surface area contributed by atoms with Crippen LogP contribution in [0.2, 0.25) is 0 Å². The van der Waals surface area contributed by atoms with E-state index < -0.39 is 5.60 Å². The molecule has 8 nitrogen and oxygen atoms in total. The smallest absolute Gasteiger partial charge is 0.410 e. The van der Waals surface area contributed by atoms with Gasteiger partial charge in [-0.05, 0) is 69.3 Å². The van der Waals surface area contributed by atoms with Crippen LogP contribution in [0.4, 0.5) is 16.2 Å². The standard InChI is InChI=1S/C15H22N2O3.C10H14N2O/c1-15(2,3)20-14(19)17-10-8-16(9-11-17)12-4-6-13(18)7-5-12;13-10-3-1-9(2-4-10)12-7-5-11-6-8-12/h4-7,18H,8-11H2,1-3H3;1-4,11,13H,5-8H2. The summed E-state index contributed by atoms with van der Waals surface area (Å²) in [6.45, 7) is 12.6. The molecule has 2 heterocycles. The van der Waals surface area contributed by atoms with Gasteiger partial charge < -0.3 is 35.0 Å². The van der Waals surface area contributed by atoms with E-state index in [9.17, 15) is 9.90 Å². The Morgan fingerprint density at radius 3 is 1.61 bits per heavy atom. The minimum Gasteiger partial charge on any atom is -0.508 e. The average Bonchev–Trinajstić information content (AvgIpc) is 2.80. The van der Waals surface area contributed by atoms with Crippen LogP contribution in [0.3, 0.4) is 0 Å². The molecule has 0 unspecified atom stereocenters. The van der Waals surface area contributed by atoms with Crippen molar-refractivity contribution in [3.63, 3.8) is 0 Å². The lowest BCUT2D eigenvalue weighted by Gasteiger charge is -2.36. The summed E-state index contributed by atoms with van der Waals surface area (Å²) in [7, 11) is 0. The predicted molar refractivity (Wildman–Crippen MR) is 131 cm³/mol. The van der Waals surface area contributed by atoms with E-state index in [4.69, 9.17) is 9.84 Å². The van der Waals surface area contributed by atoms with Gasteiger partial charge in [0.1, 0.15) is 17.1 Å². The van der Waals surface area contributed by atoms with Crippen molar-refractivity contribution in [2.75, 3.05) is 62.2 Å². The quantitative estimate of drug-likeness (QED) is 0.639. The second kappa shape index (κ2) is 11.1. The molecular weight excluding hydrogens is 420 g/mol. The fraction of sp³-hybridized carbons (Fsp3) is 0.480. The van der Waals surface area contributed by atoms with Gasteiger partial charge in [0.05, 0.1) is 0 Å². The molecular formula is C25H36N4O4. The minimum absolute atomic E-state index is 0.247. The lowest BCUT2D eigenvalue weighted by atomic mass is 10.2. The fourth-order valence-electron chi connectivity index (χ4n) is 3.72. The number of aromatic hydroxyl groups is 2. The van der Waals surface area contributed by atoms with Crippen molar-refractivity contribution in [2.24, 2.45) is 0 Å². The molecule has 8 heteroatoms. The Balaban J connectivity index is 0.000000203. The van der Waals surface area contributed by atoms with E-state index in [0.717, 1.165) is 45.0 Å². The van der Waals surface area contributed by atoms with Crippen LogP contribution >= 0.6 is 0 Å². The zero-order chi connectivity index (χ0) is 23.8. The first kappa shape index (κ1) is 24.5. The van der Waals surface area contributed by atoms with Crippen molar-refractivity contribution in [1.29, 1.82) is 0 Å². The van der Waals surface area contributed by atoms with Crippen molar-refractivity contribution in [1.82, 2.24) is 10.2 Å². The SMILES string of the molecule is CC(C)(C)OC(=O)N1CCN(c2ccc(O)cc2)CC1.Oc1ccc(N2CCNCC2)cc1. The summed E-state index contributed by atoms with van der Waals surface area (Å²) in [4.78, 5) is 18.2. The Hall–Kier alpha value is -3.13. The second-order valence-electron chi connectivity index (χ2n) is 9.22. The average molecular weight is 457 g/mol. The number of carbonyl (C=O) groups excluding carboxylic acids is 1. The molecule has 2 fully saturated rings. The zero-order valence-electron chi connectivity index (χ0n) is 19.8. The molecule has 3 N–H and O–H groups in total. The van der Waals surface area contributed by atoms with Crippen molar-refractivity contribution in [3.8, 4) is 11.5 Å². The number of phenols is 2. The maximum absolute atomic E-state index is 12.0. The first-order chi connectivity index (χ1) is 15.7. The zero-order valence-corrected chi connectivity index (χ0v) is 19.8. The molecule has 0 aromatic heterocycles. The van der Waals surface area contributed by atoms with E-state index >= 15 is 0 Å². The maximum atomic E-state index is 12.0. The first-order valence-corrected chi connectivity index (χ1v) is 11.5. The number of nitrogens with zero attached hydrogens (tertiary/aromatic N) is 3. The summed E-state index contributed by atoms with van der Waals surface area (Å²) < 4.78 is 5.37. The maximum Gasteiger partial charge on any atom is 0.410 e. The Bertz CT molecular complexity index is 867. The lowest BCUT2D eigenvalue weighted by molar-refractivity contribution is 0.0240. The molecule has 0 spiro atoms. The van der Waals surface area contributed by atoms with Crippen LogP contribution in [0.1, 0.15) is 20.8 Å². The third-order valence-corrected chi connectivity index (χ3v) is 5.48. The molecule has 0 bridgehead atoms. The normalized spacial score (nSPS) is 16.6. The molecule has 0 aliphatic carbocycles. The van der Waals surface area contributed by atoms with Gasteiger partial charge in [0.15, 0.2) is 0 Å². The number of ether oxygens (including phenoxy) is 1. The molecule has 2 aliphatic rings. The Morgan fingerprint density at radius 2 is 1.18 bits per heavy atom. The first-order valence-electron chi connectivity index (χ1n) is 11.5. The molecule has 0 saturated carbocycles. The molecule has 33 heavy (non-hydrogen) atoms. The Labute approximate surface area is 196 Å². The van der Waals surface area contributed by atoms with Gasteiger partial charge in [0.25, 0.3) is 0 Å². The van der Waals surface area contributed by atoms with E-state index in [1.165, 1.54) is 5.69 Å². The van der Waals surface area contributed by atoms with E-state index in [1.807, 2.05) is 45.0 Å². The number of hydrogen-bond donors (Lipinski definition) is 3. The summed E-state index contributed by atoms with van der Waals surface area (Å²) in [5, 5.41) is 21.7. The number of rotatable bonds is 2. The van der Waals surface area contributed by atoms with Gasteiger partial charge in [-0.3, -0.25) is 0 Å². The lowest BCUT2D eigenvalue weighted by Crippen LogP contribution is -2.50. The summed E-state index contributed by atoms with van der Waals surface area (Å²) in [5.74, 6) is 0.597. The molecule has 180 valence electrons. The number of piperazine rings is 2. The number of carbonyl (C=O) groups is 1. The number of phenolic OH excluding ortho intramolecular Hbond substituents is 2. The molecule has 4 rings (SSSR count). The van der Waals surface area contributed by atoms with Gasteiger partial charge in [-0.2, -0.15) is 0 Å². The molecule has 2 saturated heterocycles. The van der Waals surface area contributed by atoms with Crippen LogP contribution < -0.4 is 15.1 Å². The van der Waals surface area contributed by atoms with E-state index in [0.29, 0.717) is 18.8 Å². The van der Waals surface area contributed by atoms with Crippen LogP contribution in [0.25, 0.3) is 0 Å². The topological polar surface area (TPSA) is 88.5 Å². The number of benzene rings is 2. The molecule has 0 radical (unpaired) electrons. The van der Waals surface area contributed by atoms with Gasteiger partial charge in [-0.1, -0.05) is 0 Å². The highest BCUT2D eigenvalue weighted by Gasteiger charge is 2.25. The molecule has 0 atom stereocenters. The van der Waals surface area contributed by atoms with Gasteiger partial charge in [-0.25, -0.2) is 4.79 Å². The third kappa shape index (κ3) is 7.75. The Morgan fingerprint density at radius 1 is 0.758 bits per heavy atom.